The molecule has 3 aromatic rings. The number of fused-ring (bicyclic) bond motifs is 3. The molecule has 0 N–H and O–H groups in total. The Balaban J connectivity index is 1.74. The van der Waals surface area contributed by atoms with Crippen LogP contribution in [0.1, 0.15) is 35.8 Å². The average molecular weight is 435 g/mol. The maximum atomic E-state index is 13.1. The molecule has 0 unspecified atom stereocenters. The molecule has 0 spiro atoms. The van der Waals surface area contributed by atoms with Crippen molar-refractivity contribution in [2.24, 2.45) is 0 Å². The van der Waals surface area contributed by atoms with Gasteiger partial charge in [0.25, 0.3) is 5.56 Å². The van der Waals surface area contributed by atoms with Crippen molar-refractivity contribution >= 4 is 49.2 Å². The Labute approximate surface area is 163 Å². The molecule has 4 rings (SSSR count). The predicted octanol–water partition coefficient (Wildman–Crippen LogP) is 5.41. The van der Waals surface area contributed by atoms with E-state index in [-0.39, 0.29) is 5.56 Å². The standard InChI is InChI=1S/C19H19BrN2OS2/c1-2-22-18(23)16-14-8-3-4-9-15(14)25-17(16)21-19(22)24-11-12-6-5-7-13(20)10-12/h5-7,10H,2-4,8-9,11H2,1H3. The van der Waals surface area contributed by atoms with Crippen LogP contribution in [0.25, 0.3) is 10.2 Å². The van der Waals surface area contributed by atoms with Crippen LogP contribution in [0.3, 0.4) is 0 Å². The van der Waals surface area contributed by atoms with Crippen LogP contribution in [0.5, 0.6) is 0 Å². The van der Waals surface area contributed by atoms with Gasteiger partial charge in [0.1, 0.15) is 4.83 Å². The van der Waals surface area contributed by atoms with Crippen molar-refractivity contribution in [3.05, 3.63) is 55.1 Å². The van der Waals surface area contributed by atoms with Gasteiger partial charge in [0.05, 0.1) is 5.39 Å². The first-order valence-electron chi connectivity index (χ1n) is 8.59. The molecule has 6 heteroatoms. The van der Waals surface area contributed by atoms with Gasteiger partial charge >= 0.3 is 0 Å². The lowest BCUT2D eigenvalue weighted by molar-refractivity contribution is 0.633. The van der Waals surface area contributed by atoms with Gasteiger partial charge in [-0.1, -0.05) is 39.8 Å². The Morgan fingerprint density at radius 2 is 2.16 bits per heavy atom. The fraction of sp³-hybridized carbons (Fsp3) is 0.368. The lowest BCUT2D eigenvalue weighted by Crippen LogP contribution is -2.22. The minimum Gasteiger partial charge on any atom is -0.287 e. The summed E-state index contributed by atoms with van der Waals surface area (Å²) in [6.07, 6.45) is 4.54. The molecule has 0 saturated carbocycles. The fourth-order valence-corrected chi connectivity index (χ4v) is 6.14. The van der Waals surface area contributed by atoms with E-state index in [2.05, 4.69) is 28.1 Å². The van der Waals surface area contributed by atoms with E-state index in [1.165, 1.54) is 28.8 Å². The molecule has 0 amide bonds. The van der Waals surface area contributed by atoms with E-state index in [0.29, 0.717) is 6.54 Å². The van der Waals surface area contributed by atoms with Crippen LogP contribution in [0.4, 0.5) is 0 Å². The lowest BCUT2D eigenvalue weighted by Gasteiger charge is -2.12. The molecule has 0 bridgehead atoms. The van der Waals surface area contributed by atoms with Crippen molar-refractivity contribution in [1.29, 1.82) is 0 Å². The second-order valence-electron chi connectivity index (χ2n) is 6.25. The van der Waals surface area contributed by atoms with Crippen molar-refractivity contribution in [2.75, 3.05) is 0 Å². The highest BCUT2D eigenvalue weighted by Gasteiger charge is 2.21. The highest BCUT2D eigenvalue weighted by molar-refractivity contribution is 9.10. The molecule has 2 heterocycles. The molecule has 1 aliphatic carbocycles. The smallest absolute Gasteiger partial charge is 0.263 e. The number of thioether (sulfide) groups is 1. The Kier molecular flexibility index (Phi) is 5.02. The zero-order valence-electron chi connectivity index (χ0n) is 14.0. The normalized spacial score (nSPS) is 14.0. The zero-order valence-corrected chi connectivity index (χ0v) is 17.3. The third kappa shape index (κ3) is 3.32. The van der Waals surface area contributed by atoms with Crippen LogP contribution >= 0.6 is 39.0 Å². The third-order valence-corrected chi connectivity index (χ3v) is 7.34. The highest BCUT2D eigenvalue weighted by Crippen LogP contribution is 2.35. The van der Waals surface area contributed by atoms with Gasteiger partial charge in [-0.05, 0) is 55.9 Å². The number of rotatable bonds is 4. The maximum absolute atomic E-state index is 13.1. The van der Waals surface area contributed by atoms with Gasteiger partial charge in [-0.25, -0.2) is 4.98 Å². The molecule has 25 heavy (non-hydrogen) atoms. The van der Waals surface area contributed by atoms with Crippen molar-refractivity contribution in [2.45, 2.75) is 50.1 Å². The monoisotopic (exact) mass is 434 g/mol. The Morgan fingerprint density at radius 1 is 1.32 bits per heavy atom. The van der Waals surface area contributed by atoms with E-state index < -0.39 is 0 Å². The van der Waals surface area contributed by atoms with Crippen LogP contribution in [0.2, 0.25) is 0 Å². The number of hydrogen-bond acceptors (Lipinski definition) is 4. The molecule has 1 aliphatic rings. The Hall–Kier alpha value is -1.11. The van der Waals surface area contributed by atoms with E-state index in [1.54, 1.807) is 23.1 Å². The molecular weight excluding hydrogens is 416 g/mol. The van der Waals surface area contributed by atoms with Gasteiger partial charge in [-0.2, -0.15) is 0 Å². The summed E-state index contributed by atoms with van der Waals surface area (Å²) in [5, 5.41) is 1.71. The number of aromatic nitrogens is 2. The summed E-state index contributed by atoms with van der Waals surface area (Å²) in [6.45, 7) is 2.68. The van der Waals surface area contributed by atoms with Gasteiger partial charge in [0.2, 0.25) is 0 Å². The summed E-state index contributed by atoms with van der Waals surface area (Å²) >= 11 is 6.89. The molecule has 3 nitrogen and oxygen atoms in total. The summed E-state index contributed by atoms with van der Waals surface area (Å²) < 4.78 is 2.92. The number of halogens is 1. The van der Waals surface area contributed by atoms with E-state index in [9.17, 15) is 4.79 Å². The molecule has 1 aromatic carbocycles. The second-order valence-corrected chi connectivity index (χ2v) is 9.20. The van der Waals surface area contributed by atoms with Crippen LogP contribution in [0, 0.1) is 0 Å². The first-order chi connectivity index (χ1) is 12.2. The van der Waals surface area contributed by atoms with Gasteiger partial charge in [-0.15, -0.1) is 11.3 Å². The molecule has 0 fully saturated rings. The minimum atomic E-state index is 0.142. The minimum absolute atomic E-state index is 0.142. The topological polar surface area (TPSA) is 34.9 Å². The van der Waals surface area contributed by atoms with E-state index in [1.807, 2.05) is 23.6 Å². The first kappa shape index (κ1) is 17.3. The molecule has 2 aromatic heterocycles. The number of nitrogens with zero attached hydrogens (tertiary/aromatic N) is 2. The molecule has 0 saturated heterocycles. The highest BCUT2D eigenvalue weighted by atomic mass is 79.9. The maximum Gasteiger partial charge on any atom is 0.263 e. The number of thiophene rings is 1. The zero-order chi connectivity index (χ0) is 17.4. The van der Waals surface area contributed by atoms with Crippen molar-refractivity contribution in [3.63, 3.8) is 0 Å². The van der Waals surface area contributed by atoms with Crippen molar-refractivity contribution < 1.29 is 0 Å². The molecule has 0 radical (unpaired) electrons. The molecular formula is C19H19BrN2OS2. The lowest BCUT2D eigenvalue weighted by atomic mass is 9.97. The number of benzene rings is 1. The second kappa shape index (κ2) is 7.25. The van der Waals surface area contributed by atoms with Crippen molar-refractivity contribution in [1.82, 2.24) is 9.55 Å². The third-order valence-electron chi connectivity index (χ3n) is 4.61. The van der Waals surface area contributed by atoms with Gasteiger partial charge in [0, 0.05) is 21.6 Å². The summed E-state index contributed by atoms with van der Waals surface area (Å²) in [6, 6.07) is 8.28. The van der Waals surface area contributed by atoms with Crippen LogP contribution < -0.4 is 5.56 Å². The number of hydrogen-bond donors (Lipinski definition) is 0. The fourth-order valence-electron chi connectivity index (χ4n) is 3.38. The van der Waals surface area contributed by atoms with Gasteiger partial charge in [-0.3, -0.25) is 9.36 Å². The van der Waals surface area contributed by atoms with Crippen LogP contribution in [0.15, 0.2) is 38.7 Å². The largest absolute Gasteiger partial charge is 0.287 e. The van der Waals surface area contributed by atoms with E-state index in [0.717, 1.165) is 38.4 Å². The van der Waals surface area contributed by atoms with Crippen molar-refractivity contribution in [3.8, 4) is 0 Å². The Morgan fingerprint density at radius 3 is 2.96 bits per heavy atom. The summed E-state index contributed by atoms with van der Waals surface area (Å²) in [5.74, 6) is 0.808. The predicted molar refractivity (Wildman–Crippen MR) is 110 cm³/mol. The van der Waals surface area contributed by atoms with Gasteiger partial charge < -0.3 is 0 Å². The summed E-state index contributed by atoms with van der Waals surface area (Å²) in [4.78, 5) is 20.3. The van der Waals surface area contributed by atoms with E-state index >= 15 is 0 Å². The number of aryl methyl sites for hydroxylation is 2. The average Bonchev–Trinajstić information content (AvgIpc) is 2.98. The molecule has 0 aliphatic heterocycles. The summed E-state index contributed by atoms with van der Waals surface area (Å²) in [7, 11) is 0. The Bertz CT molecular complexity index is 993. The van der Waals surface area contributed by atoms with Crippen LogP contribution in [-0.4, -0.2) is 9.55 Å². The van der Waals surface area contributed by atoms with Gasteiger partial charge in [0.15, 0.2) is 5.16 Å². The molecule has 130 valence electrons. The SMILES string of the molecule is CCn1c(SCc2cccc(Br)c2)nc2sc3c(c2c1=O)CCCC3. The molecule has 0 atom stereocenters. The quantitative estimate of drug-likeness (QED) is 0.406. The van der Waals surface area contributed by atoms with Crippen LogP contribution in [-0.2, 0) is 25.1 Å². The first-order valence-corrected chi connectivity index (χ1v) is 11.2. The summed E-state index contributed by atoms with van der Waals surface area (Å²) in [5.41, 5.74) is 2.64. The van der Waals surface area contributed by atoms with E-state index in [4.69, 9.17) is 4.98 Å².